The van der Waals surface area contributed by atoms with E-state index in [0.29, 0.717) is 17.8 Å². The summed E-state index contributed by atoms with van der Waals surface area (Å²) in [6.07, 6.45) is 1.49. The average Bonchev–Trinajstić information content (AvgIpc) is 3.17. The number of benzene rings is 1. The molecule has 0 saturated carbocycles. The molecular formula is C16H16ClFN4O2. The van der Waals surface area contributed by atoms with Gasteiger partial charge in [-0.25, -0.2) is 4.39 Å². The monoisotopic (exact) mass is 350 g/mol. The van der Waals surface area contributed by atoms with Gasteiger partial charge in [0.1, 0.15) is 5.82 Å². The summed E-state index contributed by atoms with van der Waals surface area (Å²) in [5.74, 6) is -0.905. The van der Waals surface area contributed by atoms with Crippen LogP contribution in [0.1, 0.15) is 24.6 Å². The molecule has 2 heterocycles. The first-order valence-electron chi connectivity index (χ1n) is 7.51. The molecule has 0 radical (unpaired) electrons. The minimum Gasteiger partial charge on any atom is -0.382 e. The Bertz CT molecular complexity index is 818. The number of carbonyl (C=O) groups is 1. The molecule has 1 aromatic carbocycles. The molecule has 8 heteroatoms. The predicted molar refractivity (Wildman–Crippen MR) is 88.7 cm³/mol. The molecule has 126 valence electrons. The Hall–Kier alpha value is -2.41. The Labute approximate surface area is 143 Å². The Balaban J connectivity index is 1.66. The number of aryl methyl sites for hydroxylation is 2. The minimum absolute atomic E-state index is 0.0558. The molecule has 1 atom stereocenters. The summed E-state index contributed by atoms with van der Waals surface area (Å²) in [4.78, 5) is 17.5. The maximum absolute atomic E-state index is 13.1. The lowest BCUT2D eigenvalue weighted by Crippen LogP contribution is -2.28. The second kappa shape index (κ2) is 6.60. The Morgan fingerprint density at radius 2 is 2.33 bits per heavy atom. The Kier molecular flexibility index (Phi) is 4.53. The van der Waals surface area contributed by atoms with Gasteiger partial charge < -0.3 is 10.2 Å². The average molecular weight is 351 g/mol. The van der Waals surface area contributed by atoms with Crippen LogP contribution >= 0.6 is 11.6 Å². The molecule has 0 bridgehead atoms. The number of nitrogens with one attached hydrogen (secondary N) is 1. The van der Waals surface area contributed by atoms with Crippen molar-refractivity contribution in [2.75, 3.05) is 5.32 Å². The van der Waals surface area contributed by atoms with E-state index in [1.54, 1.807) is 4.68 Å². The number of aromatic nitrogens is 2. The van der Waals surface area contributed by atoms with Crippen molar-refractivity contribution in [3.05, 3.63) is 46.5 Å². The number of hydrogen-bond donors (Lipinski definition) is 1. The molecule has 0 fully saturated rings. The molecule has 0 spiro atoms. The molecule has 1 aliphatic heterocycles. The van der Waals surface area contributed by atoms with E-state index in [1.807, 2.05) is 20.0 Å². The number of rotatable bonds is 4. The molecule has 0 aliphatic carbocycles. The van der Waals surface area contributed by atoms with Crippen LogP contribution in [-0.2, 0) is 16.2 Å². The maximum Gasteiger partial charge on any atom is 0.268 e. The number of halogens is 2. The van der Waals surface area contributed by atoms with E-state index in [4.69, 9.17) is 16.4 Å². The van der Waals surface area contributed by atoms with Gasteiger partial charge in [0.05, 0.1) is 16.4 Å². The summed E-state index contributed by atoms with van der Waals surface area (Å²) < 4.78 is 15.0. The highest BCUT2D eigenvalue weighted by Gasteiger charge is 2.30. The Morgan fingerprint density at radius 3 is 3.00 bits per heavy atom. The van der Waals surface area contributed by atoms with Crippen LogP contribution in [0, 0.1) is 12.7 Å². The van der Waals surface area contributed by atoms with Crippen LogP contribution in [-0.4, -0.2) is 27.5 Å². The third-order valence-electron chi connectivity index (χ3n) is 3.73. The summed E-state index contributed by atoms with van der Waals surface area (Å²) in [5.41, 5.74) is 2.80. The fourth-order valence-corrected chi connectivity index (χ4v) is 2.62. The zero-order chi connectivity index (χ0) is 17.3. The van der Waals surface area contributed by atoms with Gasteiger partial charge in [0, 0.05) is 30.4 Å². The number of anilines is 1. The van der Waals surface area contributed by atoms with Gasteiger partial charge in [0.25, 0.3) is 5.91 Å². The molecule has 6 nitrogen and oxygen atoms in total. The van der Waals surface area contributed by atoms with Crippen molar-refractivity contribution in [1.82, 2.24) is 9.78 Å². The highest BCUT2D eigenvalue weighted by atomic mass is 35.5. The molecule has 0 saturated heterocycles. The van der Waals surface area contributed by atoms with Crippen LogP contribution in [0.5, 0.6) is 0 Å². The molecule has 1 N–H and O–H groups in total. The van der Waals surface area contributed by atoms with Gasteiger partial charge in [-0.05, 0) is 32.0 Å². The number of amides is 1. The quantitative estimate of drug-likeness (QED) is 0.921. The van der Waals surface area contributed by atoms with Gasteiger partial charge in [-0.3, -0.25) is 9.48 Å². The van der Waals surface area contributed by atoms with Crippen LogP contribution in [0.15, 0.2) is 29.6 Å². The predicted octanol–water partition coefficient (Wildman–Crippen LogP) is 3.14. The fourth-order valence-electron chi connectivity index (χ4n) is 2.44. The second-order valence-electron chi connectivity index (χ2n) is 5.44. The van der Waals surface area contributed by atoms with Crippen molar-refractivity contribution in [1.29, 1.82) is 0 Å². The van der Waals surface area contributed by atoms with Crippen molar-refractivity contribution in [2.24, 2.45) is 5.16 Å². The molecule has 2 aromatic rings. The normalized spacial score (nSPS) is 16.7. The van der Waals surface area contributed by atoms with Gasteiger partial charge in [-0.1, -0.05) is 16.8 Å². The molecule has 1 amide bonds. The van der Waals surface area contributed by atoms with E-state index in [1.165, 1.54) is 18.2 Å². The van der Waals surface area contributed by atoms with E-state index >= 15 is 0 Å². The molecule has 1 aromatic heterocycles. The molecule has 24 heavy (non-hydrogen) atoms. The standard InChI is InChI=1S/C16H16ClFN4O2/c1-3-22-8-11(9(2)20-22)14-7-15(24-21-14)16(23)19-10-4-5-13(18)12(17)6-10/h4-6,8,15H,3,7H2,1-2H3,(H,19,23)/t15-/m0/s1. The topological polar surface area (TPSA) is 68.5 Å². The van der Waals surface area contributed by atoms with Gasteiger partial charge in [-0.15, -0.1) is 0 Å². The van der Waals surface area contributed by atoms with Crippen molar-refractivity contribution in [2.45, 2.75) is 32.9 Å². The lowest BCUT2D eigenvalue weighted by Gasteiger charge is -2.09. The van der Waals surface area contributed by atoms with E-state index in [0.717, 1.165) is 17.8 Å². The highest BCUT2D eigenvalue weighted by Crippen LogP contribution is 2.22. The number of nitrogens with zero attached hydrogens (tertiary/aromatic N) is 3. The van der Waals surface area contributed by atoms with Gasteiger partial charge in [0.15, 0.2) is 0 Å². The van der Waals surface area contributed by atoms with Crippen LogP contribution in [0.4, 0.5) is 10.1 Å². The van der Waals surface area contributed by atoms with E-state index in [9.17, 15) is 9.18 Å². The number of oxime groups is 1. The zero-order valence-electron chi connectivity index (χ0n) is 13.2. The van der Waals surface area contributed by atoms with Crippen LogP contribution in [0.25, 0.3) is 0 Å². The van der Waals surface area contributed by atoms with Gasteiger partial charge in [0.2, 0.25) is 6.10 Å². The van der Waals surface area contributed by atoms with Crippen LogP contribution in [0.3, 0.4) is 0 Å². The van der Waals surface area contributed by atoms with Gasteiger partial charge >= 0.3 is 0 Å². The molecule has 1 aliphatic rings. The molecule has 0 unspecified atom stereocenters. The lowest BCUT2D eigenvalue weighted by atomic mass is 10.1. The zero-order valence-corrected chi connectivity index (χ0v) is 14.0. The Morgan fingerprint density at radius 1 is 1.54 bits per heavy atom. The third-order valence-corrected chi connectivity index (χ3v) is 4.02. The van der Waals surface area contributed by atoms with Crippen molar-refractivity contribution in [3.63, 3.8) is 0 Å². The number of carbonyl (C=O) groups excluding carboxylic acids is 1. The summed E-state index contributed by atoms with van der Waals surface area (Å²) >= 11 is 5.70. The van der Waals surface area contributed by atoms with E-state index in [-0.39, 0.29) is 10.9 Å². The fraction of sp³-hybridized carbons (Fsp3) is 0.312. The first-order chi connectivity index (χ1) is 11.5. The number of hydrogen-bond acceptors (Lipinski definition) is 4. The van der Waals surface area contributed by atoms with Crippen molar-refractivity contribution in [3.8, 4) is 0 Å². The van der Waals surface area contributed by atoms with Crippen molar-refractivity contribution < 1.29 is 14.0 Å². The highest BCUT2D eigenvalue weighted by molar-refractivity contribution is 6.31. The van der Waals surface area contributed by atoms with Crippen LogP contribution in [0.2, 0.25) is 5.02 Å². The largest absolute Gasteiger partial charge is 0.382 e. The van der Waals surface area contributed by atoms with E-state index < -0.39 is 11.9 Å². The summed E-state index contributed by atoms with van der Waals surface area (Å²) in [6.45, 7) is 4.63. The summed E-state index contributed by atoms with van der Waals surface area (Å²) in [7, 11) is 0. The van der Waals surface area contributed by atoms with Crippen LogP contribution < -0.4 is 5.32 Å². The minimum atomic E-state index is -0.742. The summed E-state index contributed by atoms with van der Waals surface area (Å²) in [5, 5.41) is 11.0. The lowest BCUT2D eigenvalue weighted by molar-refractivity contribution is -0.125. The van der Waals surface area contributed by atoms with E-state index in [2.05, 4.69) is 15.6 Å². The molecule has 3 rings (SSSR count). The smallest absolute Gasteiger partial charge is 0.268 e. The summed E-state index contributed by atoms with van der Waals surface area (Å²) in [6, 6.07) is 3.98. The molecular weight excluding hydrogens is 335 g/mol. The van der Waals surface area contributed by atoms with Crippen molar-refractivity contribution >= 4 is 28.9 Å². The second-order valence-corrected chi connectivity index (χ2v) is 5.85. The van der Waals surface area contributed by atoms with Gasteiger partial charge in [-0.2, -0.15) is 5.10 Å². The first-order valence-corrected chi connectivity index (χ1v) is 7.88. The SMILES string of the molecule is CCn1cc(C2=NO[C@H](C(=O)Nc3ccc(F)c(Cl)c3)C2)c(C)n1. The third kappa shape index (κ3) is 3.26. The first kappa shape index (κ1) is 16.4. The maximum atomic E-state index is 13.1.